The molecule has 5 heteroatoms. The zero-order valence-corrected chi connectivity index (χ0v) is 12.3. The molecule has 0 unspecified atom stereocenters. The van der Waals surface area contributed by atoms with Gasteiger partial charge in [0.15, 0.2) is 0 Å². The smallest absolute Gasteiger partial charge is 0.338 e. The summed E-state index contributed by atoms with van der Waals surface area (Å²) in [6.07, 6.45) is 0.994. The van der Waals surface area contributed by atoms with E-state index < -0.39 is 0 Å². The van der Waals surface area contributed by atoms with Gasteiger partial charge in [0.05, 0.1) is 18.4 Å². The van der Waals surface area contributed by atoms with Crippen LogP contribution >= 0.6 is 11.3 Å². The summed E-state index contributed by atoms with van der Waals surface area (Å²) in [4.78, 5) is 14.3. The van der Waals surface area contributed by atoms with E-state index in [1.807, 2.05) is 6.07 Å². The number of thiophene rings is 1. The van der Waals surface area contributed by atoms with Gasteiger partial charge in [0.2, 0.25) is 0 Å². The van der Waals surface area contributed by atoms with E-state index in [2.05, 4.69) is 13.0 Å². The second-order valence-electron chi connectivity index (χ2n) is 4.25. The van der Waals surface area contributed by atoms with Gasteiger partial charge in [-0.05, 0) is 36.8 Å². The molecule has 0 atom stereocenters. The number of carbonyl (C=O) groups is 1. The van der Waals surface area contributed by atoms with Crippen LogP contribution in [0.5, 0.6) is 5.75 Å². The maximum atomic E-state index is 11.9. The number of benzene rings is 1. The van der Waals surface area contributed by atoms with Gasteiger partial charge in [-0.25, -0.2) is 4.79 Å². The van der Waals surface area contributed by atoms with E-state index in [4.69, 9.17) is 15.2 Å². The predicted molar refractivity (Wildman–Crippen MR) is 80.2 cm³/mol. The topological polar surface area (TPSA) is 61.5 Å². The van der Waals surface area contributed by atoms with Crippen LogP contribution in [0.15, 0.2) is 30.3 Å². The molecular formula is C15H17NO3S. The molecule has 1 aromatic heterocycles. The standard InChI is InChI=1S/C15H17NO3S/c1-3-11-5-6-12(20-11)9-19-15(17)10-4-7-14(18-2)13(16)8-10/h4-8H,3,9,16H2,1-2H3. The normalized spacial score (nSPS) is 10.3. The number of hydrogen-bond acceptors (Lipinski definition) is 5. The Kier molecular flexibility index (Phi) is 4.63. The van der Waals surface area contributed by atoms with Crippen molar-refractivity contribution >= 4 is 23.0 Å². The molecule has 0 amide bonds. The monoisotopic (exact) mass is 291 g/mol. The van der Waals surface area contributed by atoms with Crippen LogP contribution in [0.4, 0.5) is 5.69 Å². The number of nitrogen functional groups attached to an aromatic ring is 1. The number of esters is 1. The van der Waals surface area contributed by atoms with Crippen LogP contribution in [0, 0.1) is 0 Å². The molecule has 0 fully saturated rings. The first-order chi connectivity index (χ1) is 9.63. The van der Waals surface area contributed by atoms with Crippen molar-refractivity contribution in [3.63, 3.8) is 0 Å². The van der Waals surface area contributed by atoms with Gasteiger partial charge in [-0.2, -0.15) is 0 Å². The Bertz CT molecular complexity index is 607. The Labute approximate surface area is 122 Å². The number of nitrogens with two attached hydrogens (primary N) is 1. The van der Waals surface area contributed by atoms with Crippen molar-refractivity contribution in [3.8, 4) is 5.75 Å². The molecule has 106 valence electrons. The molecule has 1 heterocycles. The lowest BCUT2D eigenvalue weighted by atomic mass is 10.2. The van der Waals surface area contributed by atoms with Crippen LogP contribution < -0.4 is 10.5 Å². The summed E-state index contributed by atoms with van der Waals surface area (Å²) in [5.74, 6) is 0.165. The Morgan fingerprint density at radius 3 is 2.60 bits per heavy atom. The number of carbonyl (C=O) groups excluding carboxylic acids is 1. The molecular weight excluding hydrogens is 274 g/mol. The van der Waals surface area contributed by atoms with Crippen molar-refractivity contribution in [2.24, 2.45) is 0 Å². The van der Waals surface area contributed by atoms with Crippen LogP contribution in [0.1, 0.15) is 27.0 Å². The van der Waals surface area contributed by atoms with Gasteiger partial charge in [0, 0.05) is 9.75 Å². The van der Waals surface area contributed by atoms with E-state index in [0.717, 1.165) is 11.3 Å². The Balaban J connectivity index is 1.99. The predicted octanol–water partition coefficient (Wildman–Crippen LogP) is 3.26. The second kappa shape index (κ2) is 6.43. The van der Waals surface area contributed by atoms with Crippen molar-refractivity contribution in [2.45, 2.75) is 20.0 Å². The minimum absolute atomic E-state index is 0.287. The molecule has 20 heavy (non-hydrogen) atoms. The van der Waals surface area contributed by atoms with Gasteiger partial charge >= 0.3 is 5.97 Å². The average molecular weight is 291 g/mol. The summed E-state index contributed by atoms with van der Waals surface area (Å²) in [6, 6.07) is 8.90. The molecule has 0 saturated heterocycles. The minimum atomic E-state index is -0.384. The first-order valence-corrected chi connectivity index (χ1v) is 7.14. The van der Waals surface area contributed by atoms with E-state index in [0.29, 0.717) is 17.0 Å². The fourth-order valence-electron chi connectivity index (χ4n) is 1.77. The van der Waals surface area contributed by atoms with E-state index in [1.165, 1.54) is 12.0 Å². The molecule has 4 nitrogen and oxygen atoms in total. The van der Waals surface area contributed by atoms with Crippen LogP contribution in [-0.2, 0) is 17.8 Å². The summed E-state index contributed by atoms with van der Waals surface area (Å²) >= 11 is 1.66. The van der Waals surface area contributed by atoms with E-state index in [9.17, 15) is 4.79 Å². The fraction of sp³-hybridized carbons (Fsp3) is 0.267. The third-order valence-corrected chi connectivity index (χ3v) is 4.08. The van der Waals surface area contributed by atoms with Crippen molar-refractivity contribution in [3.05, 3.63) is 45.6 Å². The van der Waals surface area contributed by atoms with E-state index in [1.54, 1.807) is 29.5 Å². The highest BCUT2D eigenvalue weighted by molar-refractivity contribution is 7.11. The van der Waals surface area contributed by atoms with E-state index >= 15 is 0 Å². The quantitative estimate of drug-likeness (QED) is 0.678. The molecule has 0 saturated carbocycles. The molecule has 1 aromatic carbocycles. The lowest BCUT2D eigenvalue weighted by molar-refractivity contribution is 0.0477. The van der Waals surface area contributed by atoms with Gasteiger partial charge in [-0.15, -0.1) is 11.3 Å². The molecule has 2 N–H and O–H groups in total. The molecule has 0 aliphatic heterocycles. The summed E-state index contributed by atoms with van der Waals surface area (Å²) in [7, 11) is 1.53. The first-order valence-electron chi connectivity index (χ1n) is 6.32. The van der Waals surface area contributed by atoms with Gasteiger partial charge in [0.1, 0.15) is 12.4 Å². The highest BCUT2D eigenvalue weighted by Gasteiger charge is 2.10. The van der Waals surface area contributed by atoms with Gasteiger partial charge < -0.3 is 15.2 Å². The average Bonchev–Trinajstić information content (AvgIpc) is 2.92. The van der Waals surface area contributed by atoms with Crippen LogP contribution in [-0.4, -0.2) is 13.1 Å². The molecule has 0 aliphatic rings. The summed E-state index contributed by atoms with van der Waals surface area (Å²) in [6.45, 7) is 2.39. The lowest BCUT2D eigenvalue weighted by Gasteiger charge is -2.07. The second-order valence-corrected chi connectivity index (χ2v) is 5.51. The fourth-order valence-corrected chi connectivity index (χ4v) is 2.64. The highest BCUT2D eigenvalue weighted by Crippen LogP contribution is 2.23. The van der Waals surface area contributed by atoms with Crippen molar-refractivity contribution < 1.29 is 14.3 Å². The number of methoxy groups -OCH3 is 1. The van der Waals surface area contributed by atoms with E-state index in [-0.39, 0.29) is 12.6 Å². The number of rotatable bonds is 5. The van der Waals surface area contributed by atoms with Crippen LogP contribution in [0.3, 0.4) is 0 Å². The zero-order valence-electron chi connectivity index (χ0n) is 11.5. The van der Waals surface area contributed by atoms with Gasteiger partial charge in [0.25, 0.3) is 0 Å². The maximum absolute atomic E-state index is 11.9. The van der Waals surface area contributed by atoms with Crippen LogP contribution in [0.25, 0.3) is 0 Å². The Morgan fingerprint density at radius 2 is 2.00 bits per heavy atom. The molecule has 2 rings (SSSR count). The van der Waals surface area contributed by atoms with Crippen molar-refractivity contribution in [1.82, 2.24) is 0 Å². The Morgan fingerprint density at radius 1 is 1.25 bits per heavy atom. The first kappa shape index (κ1) is 14.4. The number of aryl methyl sites for hydroxylation is 1. The lowest BCUT2D eigenvalue weighted by Crippen LogP contribution is -2.05. The number of hydrogen-bond donors (Lipinski definition) is 1. The zero-order chi connectivity index (χ0) is 14.5. The van der Waals surface area contributed by atoms with Crippen molar-refractivity contribution in [2.75, 3.05) is 12.8 Å². The maximum Gasteiger partial charge on any atom is 0.338 e. The summed E-state index contributed by atoms with van der Waals surface area (Å²) in [5.41, 5.74) is 6.62. The number of anilines is 1. The highest BCUT2D eigenvalue weighted by atomic mass is 32.1. The summed E-state index contributed by atoms with van der Waals surface area (Å²) in [5, 5.41) is 0. The van der Waals surface area contributed by atoms with Gasteiger partial charge in [-0.3, -0.25) is 0 Å². The summed E-state index contributed by atoms with van der Waals surface area (Å²) < 4.78 is 10.3. The largest absolute Gasteiger partial charge is 0.495 e. The molecule has 2 aromatic rings. The van der Waals surface area contributed by atoms with Crippen molar-refractivity contribution in [1.29, 1.82) is 0 Å². The third kappa shape index (κ3) is 3.30. The molecule has 0 aliphatic carbocycles. The molecule has 0 bridgehead atoms. The molecule has 0 spiro atoms. The molecule has 0 radical (unpaired) electrons. The van der Waals surface area contributed by atoms with Crippen LogP contribution in [0.2, 0.25) is 0 Å². The SMILES string of the molecule is CCc1ccc(COC(=O)c2ccc(OC)c(N)c2)s1. The number of ether oxygens (including phenoxy) is 2. The Hall–Kier alpha value is -2.01. The minimum Gasteiger partial charge on any atom is -0.495 e. The third-order valence-electron chi connectivity index (χ3n) is 2.88. The van der Waals surface area contributed by atoms with Gasteiger partial charge in [-0.1, -0.05) is 6.92 Å².